The third kappa shape index (κ3) is 3.74. The Morgan fingerprint density at radius 3 is 1.88 bits per heavy atom. The van der Waals surface area contributed by atoms with Gasteiger partial charge in [0, 0.05) is 26.2 Å². The SMILES string of the molecule is CCN(CC)S(=O)(=O)N(CC)CC(C)C#N. The van der Waals surface area contributed by atoms with Crippen molar-refractivity contribution in [2.45, 2.75) is 27.7 Å². The predicted octanol–water partition coefficient (Wildman–Crippen LogP) is 1.05. The molecule has 1 unspecified atom stereocenters. The summed E-state index contributed by atoms with van der Waals surface area (Å²) in [5.74, 6) is -0.287. The van der Waals surface area contributed by atoms with E-state index in [4.69, 9.17) is 5.26 Å². The minimum Gasteiger partial charge on any atom is -0.198 e. The Kier molecular flexibility index (Phi) is 6.56. The van der Waals surface area contributed by atoms with Gasteiger partial charge in [0.05, 0.1) is 12.0 Å². The largest absolute Gasteiger partial charge is 0.281 e. The molecule has 0 aromatic heterocycles. The van der Waals surface area contributed by atoms with Gasteiger partial charge >= 0.3 is 0 Å². The van der Waals surface area contributed by atoms with Gasteiger partial charge in [-0.2, -0.15) is 22.3 Å². The van der Waals surface area contributed by atoms with E-state index in [1.807, 2.05) is 13.8 Å². The average molecular weight is 247 g/mol. The number of hydrogen-bond donors (Lipinski definition) is 0. The molecule has 5 nitrogen and oxygen atoms in total. The predicted molar refractivity (Wildman–Crippen MR) is 63.9 cm³/mol. The van der Waals surface area contributed by atoms with Gasteiger partial charge in [-0.15, -0.1) is 0 Å². The standard InChI is InChI=1S/C10H21N3O2S/c1-5-12(6-2)16(14,15)13(7-3)9-10(4)8-11/h10H,5-7,9H2,1-4H3. The maximum atomic E-state index is 12.1. The van der Waals surface area contributed by atoms with Crippen LogP contribution in [0.2, 0.25) is 0 Å². The number of nitrogens with zero attached hydrogens (tertiary/aromatic N) is 3. The molecule has 0 fully saturated rings. The normalized spacial score (nSPS) is 14.1. The molecule has 0 radical (unpaired) electrons. The van der Waals surface area contributed by atoms with E-state index in [9.17, 15) is 8.42 Å². The Hall–Kier alpha value is -0.640. The van der Waals surface area contributed by atoms with Crippen molar-refractivity contribution in [2.24, 2.45) is 5.92 Å². The fourth-order valence-corrected chi connectivity index (χ4v) is 3.16. The first-order valence-electron chi connectivity index (χ1n) is 5.58. The summed E-state index contributed by atoms with van der Waals surface area (Å²) in [6.45, 7) is 8.68. The zero-order chi connectivity index (χ0) is 12.8. The maximum absolute atomic E-state index is 12.1. The van der Waals surface area contributed by atoms with E-state index in [0.717, 1.165) is 0 Å². The van der Waals surface area contributed by atoms with Crippen LogP contribution in [0, 0.1) is 17.2 Å². The highest BCUT2D eigenvalue weighted by atomic mass is 32.2. The summed E-state index contributed by atoms with van der Waals surface area (Å²) in [5, 5.41) is 8.71. The number of nitriles is 1. The van der Waals surface area contributed by atoms with Gasteiger partial charge in [-0.1, -0.05) is 20.8 Å². The molecular formula is C10H21N3O2S. The molecule has 16 heavy (non-hydrogen) atoms. The molecule has 0 bridgehead atoms. The van der Waals surface area contributed by atoms with Gasteiger partial charge in [-0.25, -0.2) is 0 Å². The van der Waals surface area contributed by atoms with Gasteiger partial charge in [-0.05, 0) is 6.92 Å². The molecule has 0 aromatic rings. The highest BCUT2D eigenvalue weighted by molar-refractivity contribution is 7.86. The van der Waals surface area contributed by atoms with Crippen molar-refractivity contribution in [3.8, 4) is 6.07 Å². The number of rotatable bonds is 7. The molecule has 0 rings (SSSR count). The van der Waals surface area contributed by atoms with Crippen LogP contribution in [0.3, 0.4) is 0 Å². The number of hydrogen-bond acceptors (Lipinski definition) is 3. The zero-order valence-corrected chi connectivity index (χ0v) is 11.3. The molecular weight excluding hydrogens is 226 g/mol. The van der Waals surface area contributed by atoms with Crippen molar-refractivity contribution < 1.29 is 8.42 Å². The van der Waals surface area contributed by atoms with E-state index in [-0.39, 0.29) is 12.5 Å². The molecule has 0 amide bonds. The molecule has 0 heterocycles. The van der Waals surface area contributed by atoms with E-state index < -0.39 is 10.2 Å². The van der Waals surface area contributed by atoms with Gasteiger partial charge < -0.3 is 0 Å². The average Bonchev–Trinajstić information content (AvgIpc) is 2.26. The van der Waals surface area contributed by atoms with E-state index in [1.165, 1.54) is 8.61 Å². The third-order valence-corrected chi connectivity index (χ3v) is 4.64. The van der Waals surface area contributed by atoms with Crippen LogP contribution in [0.1, 0.15) is 27.7 Å². The topological polar surface area (TPSA) is 64.4 Å². The lowest BCUT2D eigenvalue weighted by Gasteiger charge is -2.28. The summed E-state index contributed by atoms with van der Waals surface area (Å²) >= 11 is 0. The Morgan fingerprint density at radius 2 is 1.56 bits per heavy atom. The molecule has 1 atom stereocenters. The van der Waals surface area contributed by atoms with Gasteiger partial charge in [-0.3, -0.25) is 0 Å². The first kappa shape index (κ1) is 15.4. The summed E-state index contributed by atoms with van der Waals surface area (Å²) in [6, 6.07) is 2.05. The van der Waals surface area contributed by atoms with E-state index in [0.29, 0.717) is 19.6 Å². The lowest BCUT2D eigenvalue weighted by molar-refractivity contribution is 0.342. The van der Waals surface area contributed by atoms with Crippen molar-refractivity contribution in [3.63, 3.8) is 0 Å². The summed E-state index contributed by atoms with van der Waals surface area (Å²) in [7, 11) is -3.40. The van der Waals surface area contributed by atoms with Crippen molar-refractivity contribution >= 4 is 10.2 Å². The molecule has 0 aliphatic heterocycles. The van der Waals surface area contributed by atoms with Gasteiger partial charge in [0.25, 0.3) is 10.2 Å². The van der Waals surface area contributed by atoms with Gasteiger partial charge in [0.2, 0.25) is 0 Å². The molecule has 6 heteroatoms. The van der Waals surface area contributed by atoms with Crippen molar-refractivity contribution in [1.29, 1.82) is 5.26 Å². The molecule has 0 spiro atoms. The molecule has 0 aliphatic carbocycles. The monoisotopic (exact) mass is 247 g/mol. The summed E-state index contributed by atoms with van der Waals surface area (Å²) in [6.07, 6.45) is 0. The highest BCUT2D eigenvalue weighted by Gasteiger charge is 2.27. The Balaban J connectivity index is 4.88. The molecule has 0 N–H and O–H groups in total. The third-order valence-electron chi connectivity index (χ3n) is 2.41. The van der Waals surface area contributed by atoms with Crippen molar-refractivity contribution in [1.82, 2.24) is 8.61 Å². The van der Waals surface area contributed by atoms with Crippen LogP contribution in [0.5, 0.6) is 0 Å². The fourth-order valence-electron chi connectivity index (χ4n) is 1.45. The molecule has 0 aliphatic rings. The van der Waals surface area contributed by atoms with Crippen molar-refractivity contribution in [2.75, 3.05) is 26.2 Å². The summed E-state index contributed by atoms with van der Waals surface area (Å²) in [5.41, 5.74) is 0. The second-order valence-corrected chi connectivity index (χ2v) is 5.50. The van der Waals surface area contributed by atoms with Crippen LogP contribution in [-0.4, -0.2) is 43.2 Å². The maximum Gasteiger partial charge on any atom is 0.281 e. The highest BCUT2D eigenvalue weighted by Crippen LogP contribution is 2.10. The lowest BCUT2D eigenvalue weighted by atomic mass is 10.2. The second-order valence-electron chi connectivity index (χ2n) is 3.57. The summed E-state index contributed by atoms with van der Waals surface area (Å²) in [4.78, 5) is 0. The van der Waals surface area contributed by atoms with Gasteiger partial charge in [0.1, 0.15) is 0 Å². The van der Waals surface area contributed by atoms with Crippen LogP contribution in [0.15, 0.2) is 0 Å². The molecule has 94 valence electrons. The van der Waals surface area contributed by atoms with Crippen LogP contribution < -0.4 is 0 Å². The van der Waals surface area contributed by atoms with E-state index in [1.54, 1.807) is 13.8 Å². The quantitative estimate of drug-likeness (QED) is 0.675. The minimum absolute atomic E-state index is 0.256. The summed E-state index contributed by atoms with van der Waals surface area (Å²) < 4.78 is 27.0. The molecule has 0 aromatic carbocycles. The van der Waals surface area contributed by atoms with E-state index >= 15 is 0 Å². The van der Waals surface area contributed by atoms with Crippen molar-refractivity contribution in [3.05, 3.63) is 0 Å². The van der Waals surface area contributed by atoms with Gasteiger partial charge in [0.15, 0.2) is 0 Å². The van der Waals surface area contributed by atoms with Crippen LogP contribution in [0.4, 0.5) is 0 Å². The Labute approximate surface area is 98.8 Å². The van der Waals surface area contributed by atoms with Crippen LogP contribution >= 0.6 is 0 Å². The van der Waals surface area contributed by atoms with Crippen LogP contribution in [-0.2, 0) is 10.2 Å². The first-order valence-corrected chi connectivity index (χ1v) is 6.98. The molecule has 0 saturated heterocycles. The minimum atomic E-state index is -3.40. The second kappa shape index (κ2) is 6.84. The lowest BCUT2D eigenvalue weighted by Crippen LogP contribution is -2.45. The van der Waals surface area contributed by atoms with Crippen LogP contribution in [0.25, 0.3) is 0 Å². The molecule has 0 saturated carbocycles. The van der Waals surface area contributed by atoms with E-state index in [2.05, 4.69) is 6.07 Å². The zero-order valence-electron chi connectivity index (χ0n) is 10.5. The smallest absolute Gasteiger partial charge is 0.198 e. The first-order chi connectivity index (χ1) is 7.43. The fraction of sp³-hybridized carbons (Fsp3) is 0.900. The Bertz CT molecular complexity index is 330. The Morgan fingerprint density at radius 1 is 1.12 bits per heavy atom.